The van der Waals surface area contributed by atoms with E-state index >= 15 is 0 Å². The molecule has 4 nitrogen and oxygen atoms in total. The summed E-state index contributed by atoms with van der Waals surface area (Å²) in [6.45, 7) is -1.25. The third kappa shape index (κ3) is 6.41. The number of hydrogen-bond acceptors (Lipinski definition) is 4. The molecule has 22 heteroatoms. The second-order valence-corrected chi connectivity index (χ2v) is 8.30. The van der Waals surface area contributed by atoms with Gasteiger partial charge >= 0.3 is 53.6 Å². The number of carboxylic acid groups (broad SMARTS) is 1. The van der Waals surface area contributed by atoms with Crippen molar-refractivity contribution in [2.45, 2.75) is 60.2 Å². The average Bonchev–Trinajstić information content (AvgIpc) is 2.69. The van der Waals surface area contributed by atoms with Crippen LogP contribution in [0.1, 0.15) is 6.42 Å². The molecule has 0 fully saturated rings. The summed E-state index contributed by atoms with van der Waals surface area (Å²) < 4.78 is 223. The smallest absolute Gasteiger partial charge is 0.460 e. The topological polar surface area (TPSA) is 69.6 Å². The Kier molecular flexibility index (Phi) is 10.5. The summed E-state index contributed by atoms with van der Waals surface area (Å²) in [7, 11) is 0. The van der Waals surface area contributed by atoms with E-state index in [0.29, 0.717) is 0 Å². The molecule has 0 rings (SSSR count). The van der Waals surface area contributed by atoms with Gasteiger partial charge in [0.15, 0.2) is 0 Å². The molecule has 0 bridgehead atoms. The van der Waals surface area contributed by atoms with Crippen molar-refractivity contribution in [2.24, 2.45) is 0 Å². The lowest BCUT2D eigenvalue weighted by atomic mass is 9.88. The van der Waals surface area contributed by atoms with Crippen molar-refractivity contribution in [3.63, 3.8) is 0 Å². The Labute approximate surface area is 198 Å². The third-order valence-corrected chi connectivity index (χ3v) is 5.43. The van der Waals surface area contributed by atoms with Crippen LogP contribution in [-0.4, -0.2) is 94.5 Å². The number of rotatable bonds is 15. The van der Waals surface area contributed by atoms with Crippen molar-refractivity contribution in [3.05, 3.63) is 0 Å². The highest BCUT2D eigenvalue weighted by molar-refractivity contribution is 7.99. The van der Waals surface area contributed by atoms with Gasteiger partial charge in [0.2, 0.25) is 0 Å². The Balaban J connectivity index is 5.82. The van der Waals surface area contributed by atoms with Gasteiger partial charge in [-0.3, -0.25) is 4.79 Å². The van der Waals surface area contributed by atoms with Crippen LogP contribution >= 0.6 is 11.8 Å². The fourth-order valence-electron chi connectivity index (χ4n) is 2.18. The maximum atomic E-state index is 13.7. The van der Waals surface area contributed by atoms with Gasteiger partial charge in [0.25, 0.3) is 0 Å². The van der Waals surface area contributed by atoms with Crippen molar-refractivity contribution in [3.8, 4) is 0 Å². The third-order valence-electron chi connectivity index (χ3n) is 4.31. The Hall–Kier alpha value is -1.45. The van der Waals surface area contributed by atoms with E-state index in [4.69, 9.17) is 5.11 Å². The SMILES string of the molecule is O=C(O)CNCC(O)CSCCC(F)(F)C(F)(F)C(F)(F)C(F)(F)C(F)(F)C(F)(F)C(F)(F)C(F)(F)F. The van der Waals surface area contributed by atoms with Gasteiger partial charge < -0.3 is 15.5 Å². The number of nitrogens with one attached hydrogen (secondary N) is 1. The molecule has 0 radical (unpaired) electrons. The summed E-state index contributed by atoms with van der Waals surface area (Å²) in [5.74, 6) is -60.1. The number of aliphatic hydroxyl groups excluding tert-OH is 1. The van der Waals surface area contributed by atoms with Gasteiger partial charge in [-0.1, -0.05) is 0 Å². The summed E-state index contributed by atoms with van der Waals surface area (Å²) in [4.78, 5) is 10.2. The van der Waals surface area contributed by atoms with E-state index in [9.17, 15) is 84.5 Å². The largest absolute Gasteiger partial charge is 0.480 e. The normalized spacial score (nSPS) is 16.2. The number of carbonyl (C=O) groups is 1. The number of alkyl halides is 17. The highest BCUT2D eigenvalue weighted by atomic mass is 32.2. The van der Waals surface area contributed by atoms with Crippen molar-refractivity contribution < 1.29 is 89.6 Å². The zero-order valence-electron chi connectivity index (χ0n) is 17.2. The molecule has 0 saturated carbocycles. The number of aliphatic carboxylic acids is 1. The standard InChI is InChI=1S/C15H14F17NO3S/c16-8(17,1-2-37-5-6(34)3-33-4-7(35)36)9(18,19)10(20,21)11(22,23)12(24,25)13(26,27)14(28,29)15(30,31)32/h6,33-34H,1-5H2,(H,35,36). The molecule has 0 aliphatic carbocycles. The van der Waals surface area contributed by atoms with Crippen LogP contribution in [-0.2, 0) is 4.79 Å². The number of halogens is 17. The van der Waals surface area contributed by atoms with Gasteiger partial charge in [0.05, 0.1) is 12.6 Å². The monoisotopic (exact) mass is 611 g/mol. The molecule has 0 spiro atoms. The second kappa shape index (κ2) is 11.0. The summed E-state index contributed by atoms with van der Waals surface area (Å²) in [6, 6.07) is 0. The molecular formula is C15H14F17NO3S. The Bertz CT molecular complexity index is 786. The van der Waals surface area contributed by atoms with Crippen LogP contribution in [0.4, 0.5) is 74.6 Å². The molecule has 0 aliphatic heterocycles. The fraction of sp³-hybridized carbons (Fsp3) is 0.933. The minimum Gasteiger partial charge on any atom is -0.480 e. The van der Waals surface area contributed by atoms with Crippen molar-refractivity contribution >= 4 is 17.7 Å². The molecule has 0 amide bonds. The van der Waals surface area contributed by atoms with Crippen LogP contribution in [0, 0.1) is 0 Å². The summed E-state index contributed by atoms with van der Waals surface area (Å²) in [5, 5.41) is 19.7. The van der Waals surface area contributed by atoms with Crippen LogP contribution in [0.3, 0.4) is 0 Å². The average molecular weight is 611 g/mol. The first-order valence-electron chi connectivity index (χ1n) is 8.96. The molecule has 0 aromatic rings. The van der Waals surface area contributed by atoms with Gasteiger partial charge in [-0.05, 0) is 5.75 Å². The van der Waals surface area contributed by atoms with Gasteiger partial charge in [0.1, 0.15) is 0 Å². The first-order valence-corrected chi connectivity index (χ1v) is 10.1. The molecule has 1 atom stereocenters. The fourth-order valence-corrected chi connectivity index (χ4v) is 3.14. The van der Waals surface area contributed by atoms with E-state index < -0.39 is 90.7 Å². The van der Waals surface area contributed by atoms with E-state index in [1.54, 1.807) is 0 Å². The molecule has 3 N–H and O–H groups in total. The molecule has 0 heterocycles. The molecule has 0 aromatic carbocycles. The highest BCUT2D eigenvalue weighted by Gasteiger charge is 2.95. The zero-order valence-corrected chi connectivity index (χ0v) is 18.1. The van der Waals surface area contributed by atoms with Crippen molar-refractivity contribution in [1.29, 1.82) is 0 Å². The van der Waals surface area contributed by atoms with Gasteiger partial charge in [0, 0.05) is 18.7 Å². The molecule has 37 heavy (non-hydrogen) atoms. The molecule has 0 aliphatic rings. The second-order valence-electron chi connectivity index (χ2n) is 7.15. The van der Waals surface area contributed by atoms with Crippen molar-refractivity contribution in [2.75, 3.05) is 24.6 Å². The van der Waals surface area contributed by atoms with E-state index in [1.165, 1.54) is 0 Å². The van der Waals surface area contributed by atoms with Gasteiger partial charge in [-0.2, -0.15) is 86.4 Å². The van der Waals surface area contributed by atoms with E-state index in [0.717, 1.165) is 0 Å². The number of aliphatic hydroxyl groups is 1. The number of hydrogen-bond donors (Lipinski definition) is 3. The lowest BCUT2D eigenvalue weighted by Crippen LogP contribution is -2.74. The number of carboxylic acids is 1. The minimum absolute atomic E-state index is 0.0217. The van der Waals surface area contributed by atoms with Crippen LogP contribution in [0.5, 0.6) is 0 Å². The first-order chi connectivity index (χ1) is 16.1. The lowest BCUT2D eigenvalue weighted by molar-refractivity contribution is -0.461. The van der Waals surface area contributed by atoms with E-state index in [2.05, 4.69) is 5.32 Å². The van der Waals surface area contributed by atoms with Crippen LogP contribution < -0.4 is 5.32 Å². The zero-order chi connectivity index (χ0) is 30.1. The maximum absolute atomic E-state index is 13.7. The molecule has 0 saturated heterocycles. The molecule has 1 unspecified atom stereocenters. The summed E-state index contributed by atoms with van der Waals surface area (Å²) in [6.07, 6.45) is -12.0. The van der Waals surface area contributed by atoms with E-state index in [1.807, 2.05) is 0 Å². The van der Waals surface area contributed by atoms with Crippen LogP contribution in [0.25, 0.3) is 0 Å². The maximum Gasteiger partial charge on any atom is 0.460 e. The van der Waals surface area contributed by atoms with Crippen LogP contribution in [0.15, 0.2) is 0 Å². The predicted octanol–water partition coefficient (Wildman–Crippen LogP) is 5.15. The lowest BCUT2D eigenvalue weighted by Gasteiger charge is -2.42. The minimum atomic E-state index is -8.66. The quantitative estimate of drug-likeness (QED) is 0.177. The molecule has 222 valence electrons. The molecular weight excluding hydrogens is 597 g/mol. The van der Waals surface area contributed by atoms with Crippen molar-refractivity contribution in [1.82, 2.24) is 5.32 Å². The Morgan fingerprint density at radius 3 is 1.43 bits per heavy atom. The van der Waals surface area contributed by atoms with Gasteiger partial charge in [-0.25, -0.2) is 0 Å². The Morgan fingerprint density at radius 1 is 0.676 bits per heavy atom. The highest BCUT2D eigenvalue weighted by Crippen LogP contribution is 2.64. The number of thioether (sulfide) groups is 1. The van der Waals surface area contributed by atoms with Gasteiger partial charge in [-0.15, -0.1) is 0 Å². The predicted molar refractivity (Wildman–Crippen MR) is 89.1 cm³/mol. The van der Waals surface area contributed by atoms with Crippen LogP contribution in [0.2, 0.25) is 0 Å². The van der Waals surface area contributed by atoms with E-state index in [-0.39, 0.29) is 11.8 Å². The first kappa shape index (κ1) is 35.5. The molecule has 0 aromatic heterocycles. The summed E-state index contributed by atoms with van der Waals surface area (Å²) in [5.41, 5.74) is 0. The summed E-state index contributed by atoms with van der Waals surface area (Å²) >= 11 is 0.0217. The Morgan fingerprint density at radius 2 is 1.05 bits per heavy atom.